The molecule has 0 saturated heterocycles. The van der Waals surface area contributed by atoms with Gasteiger partial charge < -0.3 is 20.9 Å². The van der Waals surface area contributed by atoms with Crippen LogP contribution < -0.4 is 16.4 Å². The zero-order chi connectivity index (χ0) is 13.5. The number of aromatic nitrogens is 2. The summed E-state index contributed by atoms with van der Waals surface area (Å²) in [5.74, 6) is 0.744. The van der Waals surface area contributed by atoms with Gasteiger partial charge in [-0.15, -0.1) is 0 Å². The molecule has 0 fully saturated rings. The number of carbonyl (C=O) groups is 2. The van der Waals surface area contributed by atoms with Crippen molar-refractivity contribution in [1.82, 2.24) is 20.8 Å². The molecule has 0 aromatic carbocycles. The maximum atomic E-state index is 11.2. The molecule has 1 heterocycles. The van der Waals surface area contributed by atoms with Crippen molar-refractivity contribution < 1.29 is 14.1 Å². The minimum absolute atomic E-state index is 0.131. The second-order valence-electron chi connectivity index (χ2n) is 4.20. The van der Waals surface area contributed by atoms with E-state index in [-0.39, 0.29) is 13.1 Å². The molecule has 18 heavy (non-hydrogen) atoms. The second kappa shape index (κ2) is 6.58. The van der Waals surface area contributed by atoms with Gasteiger partial charge in [0.2, 0.25) is 11.8 Å². The van der Waals surface area contributed by atoms with Crippen molar-refractivity contribution in [1.29, 1.82) is 0 Å². The van der Waals surface area contributed by atoms with Crippen LogP contribution in [0.25, 0.3) is 0 Å². The Bertz CT molecular complexity index is 415. The third kappa shape index (κ3) is 5.28. The first-order chi connectivity index (χ1) is 8.47. The largest absolute Gasteiger partial charge is 0.368 e. The smallest absolute Gasteiger partial charge is 0.315 e. The number of rotatable bonds is 6. The van der Waals surface area contributed by atoms with Crippen molar-refractivity contribution in [3.8, 4) is 0 Å². The molecule has 0 atom stereocenters. The predicted molar refractivity (Wildman–Crippen MR) is 62.3 cm³/mol. The molecule has 0 aliphatic carbocycles. The van der Waals surface area contributed by atoms with E-state index < -0.39 is 11.9 Å². The van der Waals surface area contributed by atoms with Gasteiger partial charge in [-0.3, -0.25) is 4.79 Å². The number of carbonyl (C=O) groups excluding carboxylic acids is 2. The molecule has 3 amide bonds. The Balaban J connectivity index is 2.32. The van der Waals surface area contributed by atoms with Gasteiger partial charge in [-0.25, -0.2) is 4.79 Å². The van der Waals surface area contributed by atoms with E-state index in [2.05, 4.69) is 20.8 Å². The quantitative estimate of drug-likeness (QED) is 0.635. The molecule has 1 aromatic heterocycles. The Morgan fingerprint density at radius 2 is 2.11 bits per heavy atom. The average Bonchev–Trinajstić information content (AvgIpc) is 2.70. The molecular formula is C10H17N5O3. The van der Waals surface area contributed by atoms with Gasteiger partial charge in [0.25, 0.3) is 0 Å². The van der Waals surface area contributed by atoms with Crippen LogP contribution in [-0.4, -0.2) is 28.6 Å². The molecular weight excluding hydrogens is 238 g/mol. The summed E-state index contributed by atoms with van der Waals surface area (Å²) in [5.41, 5.74) is 4.88. The highest BCUT2D eigenvalue weighted by atomic mass is 16.5. The highest BCUT2D eigenvalue weighted by molar-refractivity contribution is 5.82. The van der Waals surface area contributed by atoms with Crippen molar-refractivity contribution in [2.75, 3.05) is 6.54 Å². The van der Waals surface area contributed by atoms with E-state index >= 15 is 0 Å². The molecule has 1 rings (SSSR count). The topological polar surface area (TPSA) is 123 Å². The number of hydrogen-bond acceptors (Lipinski definition) is 5. The first kappa shape index (κ1) is 13.9. The van der Waals surface area contributed by atoms with Gasteiger partial charge in [-0.1, -0.05) is 19.0 Å². The lowest BCUT2D eigenvalue weighted by Gasteiger charge is -2.02. The first-order valence-corrected chi connectivity index (χ1v) is 5.59. The molecule has 0 saturated carbocycles. The van der Waals surface area contributed by atoms with E-state index in [1.54, 1.807) is 0 Å². The highest BCUT2D eigenvalue weighted by Crippen LogP contribution is 2.05. The minimum Gasteiger partial charge on any atom is -0.368 e. The van der Waals surface area contributed by atoms with Gasteiger partial charge in [0.05, 0.1) is 13.1 Å². The number of nitrogens with zero attached hydrogens (tertiary/aromatic N) is 2. The van der Waals surface area contributed by atoms with Gasteiger partial charge in [0, 0.05) is 6.42 Å². The van der Waals surface area contributed by atoms with Crippen LogP contribution in [-0.2, 0) is 17.8 Å². The second-order valence-corrected chi connectivity index (χ2v) is 4.20. The summed E-state index contributed by atoms with van der Waals surface area (Å²) in [4.78, 5) is 25.7. The third-order valence-corrected chi connectivity index (χ3v) is 1.92. The summed E-state index contributed by atoms with van der Waals surface area (Å²) in [5, 5.41) is 8.47. The lowest BCUT2D eigenvalue weighted by molar-refractivity contribution is -0.117. The van der Waals surface area contributed by atoms with Crippen LogP contribution in [0, 0.1) is 5.92 Å². The van der Waals surface area contributed by atoms with Crippen molar-refractivity contribution in [2.45, 2.75) is 26.8 Å². The standard InChI is InChI=1S/C10H17N5O3/c1-6(2)3-9-14-8(15-18-9)5-13-10(17)12-4-7(11)16/h6H,3-5H2,1-2H3,(H2,11,16)(H2,12,13,17). The number of amides is 3. The summed E-state index contributed by atoms with van der Waals surface area (Å²) < 4.78 is 5.00. The zero-order valence-corrected chi connectivity index (χ0v) is 10.4. The number of nitrogens with two attached hydrogens (primary N) is 1. The normalized spacial score (nSPS) is 10.4. The summed E-state index contributed by atoms with van der Waals surface area (Å²) in [6.45, 7) is 4.00. The molecule has 0 bridgehead atoms. The fraction of sp³-hybridized carbons (Fsp3) is 0.600. The van der Waals surface area contributed by atoms with Crippen LogP contribution in [0.15, 0.2) is 4.52 Å². The maximum Gasteiger partial charge on any atom is 0.315 e. The van der Waals surface area contributed by atoms with Gasteiger partial charge in [-0.05, 0) is 5.92 Å². The van der Waals surface area contributed by atoms with Crippen molar-refractivity contribution in [3.63, 3.8) is 0 Å². The van der Waals surface area contributed by atoms with Gasteiger partial charge >= 0.3 is 6.03 Å². The van der Waals surface area contributed by atoms with Crippen LogP contribution >= 0.6 is 0 Å². The molecule has 0 radical (unpaired) electrons. The van der Waals surface area contributed by atoms with Crippen molar-refractivity contribution >= 4 is 11.9 Å². The number of nitrogens with one attached hydrogen (secondary N) is 2. The summed E-state index contributed by atoms with van der Waals surface area (Å²) in [6.07, 6.45) is 0.695. The summed E-state index contributed by atoms with van der Waals surface area (Å²) >= 11 is 0. The molecule has 8 heteroatoms. The molecule has 0 aliphatic heterocycles. The molecule has 1 aromatic rings. The summed E-state index contributed by atoms with van der Waals surface area (Å²) in [7, 11) is 0. The number of primary amides is 1. The van der Waals surface area contributed by atoms with Crippen LogP contribution in [0.5, 0.6) is 0 Å². The molecule has 8 nitrogen and oxygen atoms in total. The van der Waals surface area contributed by atoms with E-state index in [0.717, 1.165) is 0 Å². The van der Waals surface area contributed by atoms with E-state index in [4.69, 9.17) is 10.3 Å². The molecule has 100 valence electrons. The van der Waals surface area contributed by atoms with E-state index in [1.165, 1.54) is 0 Å². The number of hydrogen-bond donors (Lipinski definition) is 3. The van der Waals surface area contributed by atoms with Crippen LogP contribution in [0.3, 0.4) is 0 Å². The Kier molecular flexibility index (Phi) is 5.09. The monoisotopic (exact) mass is 255 g/mol. The zero-order valence-electron chi connectivity index (χ0n) is 10.4. The third-order valence-electron chi connectivity index (χ3n) is 1.92. The highest BCUT2D eigenvalue weighted by Gasteiger charge is 2.09. The lowest BCUT2D eigenvalue weighted by Crippen LogP contribution is -2.40. The van der Waals surface area contributed by atoms with Crippen LogP contribution in [0.2, 0.25) is 0 Å². The van der Waals surface area contributed by atoms with E-state index in [1.807, 2.05) is 13.8 Å². The predicted octanol–water partition coefficient (Wildman–Crippen LogP) is -0.447. The van der Waals surface area contributed by atoms with Gasteiger partial charge in [0.1, 0.15) is 0 Å². The fourth-order valence-electron chi connectivity index (χ4n) is 1.18. The van der Waals surface area contributed by atoms with Crippen LogP contribution in [0.4, 0.5) is 4.79 Å². The fourth-order valence-corrected chi connectivity index (χ4v) is 1.18. The van der Waals surface area contributed by atoms with Crippen molar-refractivity contribution in [2.24, 2.45) is 11.7 Å². The summed E-state index contributed by atoms with van der Waals surface area (Å²) in [6, 6.07) is -0.510. The van der Waals surface area contributed by atoms with Crippen LogP contribution in [0.1, 0.15) is 25.6 Å². The van der Waals surface area contributed by atoms with Gasteiger partial charge in [-0.2, -0.15) is 4.98 Å². The molecule has 0 unspecified atom stereocenters. The SMILES string of the molecule is CC(C)Cc1nc(CNC(=O)NCC(N)=O)no1. The molecule has 4 N–H and O–H groups in total. The van der Waals surface area contributed by atoms with E-state index in [0.29, 0.717) is 24.1 Å². The number of urea groups is 1. The van der Waals surface area contributed by atoms with Gasteiger partial charge in [0.15, 0.2) is 5.82 Å². The average molecular weight is 255 g/mol. The van der Waals surface area contributed by atoms with Crippen molar-refractivity contribution in [3.05, 3.63) is 11.7 Å². The van der Waals surface area contributed by atoms with E-state index in [9.17, 15) is 9.59 Å². The maximum absolute atomic E-state index is 11.2. The molecule has 0 aliphatic rings. The molecule has 0 spiro atoms. The lowest BCUT2D eigenvalue weighted by atomic mass is 10.1. The minimum atomic E-state index is -0.607. The Labute approximate surface area is 104 Å². The Morgan fingerprint density at radius 1 is 1.39 bits per heavy atom. The Hall–Kier alpha value is -2.12. The Morgan fingerprint density at radius 3 is 2.72 bits per heavy atom. The first-order valence-electron chi connectivity index (χ1n) is 5.59.